The molecule has 0 spiro atoms. The quantitative estimate of drug-likeness (QED) is 0.0528. The van der Waals surface area contributed by atoms with E-state index in [-0.39, 0.29) is 11.9 Å². The van der Waals surface area contributed by atoms with Gasteiger partial charge in [0.05, 0.1) is 6.61 Å². The van der Waals surface area contributed by atoms with Crippen LogP contribution in [0, 0.1) is 46.3 Å². The molecule has 0 N–H and O–H groups in total. The van der Waals surface area contributed by atoms with E-state index in [0.717, 1.165) is 77.2 Å². The Bertz CT molecular complexity index is 1510. The third-order valence-electron chi connectivity index (χ3n) is 14.3. The van der Waals surface area contributed by atoms with Crippen molar-refractivity contribution in [3.63, 3.8) is 0 Å². The molecular formula is C48H67BrO3. The monoisotopic (exact) mass is 770 g/mol. The number of unbranched alkanes of at least 4 members (excludes halogenated alkanes) is 3. The minimum absolute atomic E-state index is 0.00287. The Morgan fingerprint density at radius 2 is 1.60 bits per heavy atom. The van der Waals surface area contributed by atoms with Gasteiger partial charge in [-0.05, 0) is 152 Å². The maximum absolute atomic E-state index is 12.9. The van der Waals surface area contributed by atoms with E-state index in [0.29, 0.717) is 23.0 Å². The number of ketones is 1. The van der Waals surface area contributed by atoms with E-state index >= 15 is 0 Å². The van der Waals surface area contributed by atoms with Crippen molar-refractivity contribution in [3.05, 3.63) is 77.4 Å². The molecule has 2 aromatic carbocycles. The average Bonchev–Trinajstić information content (AvgIpc) is 3.50. The Hall–Kier alpha value is -2.33. The van der Waals surface area contributed by atoms with Crippen LogP contribution in [0.3, 0.4) is 0 Å². The predicted molar refractivity (Wildman–Crippen MR) is 221 cm³/mol. The van der Waals surface area contributed by atoms with Crippen molar-refractivity contribution >= 4 is 27.8 Å². The van der Waals surface area contributed by atoms with Crippen LogP contribution in [-0.4, -0.2) is 23.8 Å². The molecule has 6 rings (SSSR count). The van der Waals surface area contributed by atoms with Crippen molar-refractivity contribution in [2.24, 2.45) is 46.3 Å². The number of hydrogen-bond donors (Lipinski definition) is 0. The molecule has 0 saturated heterocycles. The molecule has 0 bridgehead atoms. The van der Waals surface area contributed by atoms with E-state index in [1.54, 1.807) is 11.6 Å². The van der Waals surface area contributed by atoms with E-state index < -0.39 is 0 Å². The maximum atomic E-state index is 12.9. The standard InChI is InChI=1S/C48H67BrO3/c1-34(2)11-10-12-35(3)43-24-25-44-42-23-18-38-33-41(27-29-47(38,4)45(42)28-30-48(43,44)5)52-40-19-13-36(14-20-40)15-26-46(50)37-16-21-39(22-17-37)51-32-9-7-6-8-31-49/h13-22,26,34-35,41-45H,6-12,23-25,27-33H2,1-5H3/t35-,41?,42?,43-,44?,45?,47+,48-/m1/s1. The Kier molecular flexibility index (Phi) is 13.5. The summed E-state index contributed by atoms with van der Waals surface area (Å²) < 4.78 is 12.5. The van der Waals surface area contributed by atoms with Gasteiger partial charge in [-0.15, -0.1) is 0 Å². The zero-order valence-electron chi connectivity index (χ0n) is 33.0. The average molecular weight is 772 g/mol. The predicted octanol–water partition coefficient (Wildman–Crippen LogP) is 13.7. The van der Waals surface area contributed by atoms with Crippen LogP contribution in [0.1, 0.15) is 147 Å². The third kappa shape index (κ3) is 9.13. The minimum Gasteiger partial charge on any atom is -0.494 e. The zero-order chi connectivity index (χ0) is 36.7. The highest BCUT2D eigenvalue weighted by atomic mass is 79.9. The first kappa shape index (κ1) is 39.4. The van der Waals surface area contributed by atoms with E-state index in [1.165, 1.54) is 77.0 Å². The van der Waals surface area contributed by atoms with E-state index in [2.05, 4.69) is 80.9 Å². The lowest BCUT2D eigenvalue weighted by Gasteiger charge is -2.58. The number of halogens is 1. The molecule has 0 radical (unpaired) electrons. The summed E-state index contributed by atoms with van der Waals surface area (Å²) >= 11 is 3.48. The molecule has 4 heteroatoms. The van der Waals surface area contributed by atoms with Gasteiger partial charge < -0.3 is 9.47 Å². The van der Waals surface area contributed by atoms with E-state index in [1.807, 2.05) is 30.3 Å². The fraction of sp³-hybridized carbons (Fsp3) is 0.646. The molecule has 2 aromatic rings. The number of ether oxygens (including phenoxy) is 2. The van der Waals surface area contributed by atoms with E-state index in [9.17, 15) is 4.79 Å². The van der Waals surface area contributed by atoms with Gasteiger partial charge in [0.2, 0.25) is 0 Å². The van der Waals surface area contributed by atoms with Crippen LogP contribution in [-0.2, 0) is 0 Å². The van der Waals surface area contributed by atoms with Gasteiger partial charge in [0, 0.05) is 17.3 Å². The summed E-state index contributed by atoms with van der Waals surface area (Å²) in [6, 6.07) is 15.8. The third-order valence-corrected chi connectivity index (χ3v) is 14.9. The number of alkyl halides is 1. The second-order valence-electron chi connectivity index (χ2n) is 18.0. The van der Waals surface area contributed by atoms with Gasteiger partial charge in [-0.25, -0.2) is 0 Å². The molecule has 52 heavy (non-hydrogen) atoms. The number of benzene rings is 2. The second kappa shape index (κ2) is 17.9. The lowest BCUT2D eigenvalue weighted by molar-refractivity contribution is -0.0559. The van der Waals surface area contributed by atoms with Gasteiger partial charge in [0.25, 0.3) is 0 Å². The molecule has 4 unspecified atom stereocenters. The largest absolute Gasteiger partial charge is 0.494 e. The van der Waals surface area contributed by atoms with Crippen molar-refractivity contribution in [3.8, 4) is 11.5 Å². The molecule has 0 aromatic heterocycles. The highest BCUT2D eigenvalue weighted by Gasteiger charge is 2.59. The first-order chi connectivity index (χ1) is 25.1. The van der Waals surface area contributed by atoms with Gasteiger partial charge in [0.15, 0.2) is 5.78 Å². The highest BCUT2D eigenvalue weighted by molar-refractivity contribution is 9.09. The molecule has 4 aliphatic rings. The van der Waals surface area contributed by atoms with Crippen molar-refractivity contribution in [2.75, 3.05) is 11.9 Å². The summed E-state index contributed by atoms with van der Waals surface area (Å²) in [5.41, 5.74) is 4.24. The van der Waals surface area contributed by atoms with Crippen molar-refractivity contribution in [1.29, 1.82) is 0 Å². The molecule has 8 atom stereocenters. The molecule has 0 aliphatic heterocycles. The summed E-state index contributed by atoms with van der Waals surface area (Å²) in [4.78, 5) is 12.9. The summed E-state index contributed by atoms with van der Waals surface area (Å²) in [6.45, 7) is 13.4. The van der Waals surface area contributed by atoms with Gasteiger partial charge in [-0.2, -0.15) is 0 Å². The Balaban J connectivity index is 0.985. The summed E-state index contributed by atoms with van der Waals surface area (Å²) in [5, 5.41) is 1.07. The molecule has 284 valence electrons. The summed E-state index contributed by atoms with van der Waals surface area (Å²) in [7, 11) is 0. The van der Waals surface area contributed by atoms with Crippen LogP contribution in [0.15, 0.2) is 66.3 Å². The number of hydrogen-bond acceptors (Lipinski definition) is 3. The summed E-state index contributed by atoms with van der Waals surface area (Å²) in [6.07, 6.45) is 25.9. The molecule has 3 nitrogen and oxygen atoms in total. The number of fused-ring (bicyclic) bond motifs is 5. The van der Waals surface area contributed by atoms with Gasteiger partial charge in [-0.3, -0.25) is 4.79 Å². The Morgan fingerprint density at radius 3 is 2.35 bits per heavy atom. The fourth-order valence-electron chi connectivity index (χ4n) is 11.3. The van der Waals surface area contributed by atoms with Crippen LogP contribution in [0.4, 0.5) is 0 Å². The van der Waals surface area contributed by atoms with Crippen molar-refractivity contribution < 1.29 is 14.3 Å². The highest BCUT2D eigenvalue weighted by Crippen LogP contribution is 2.67. The van der Waals surface area contributed by atoms with Crippen molar-refractivity contribution in [2.45, 2.75) is 137 Å². The molecule has 4 aliphatic carbocycles. The SMILES string of the molecule is CC(C)CCC[C@@H](C)[C@H]1CCC2C3CC=C4CC(Oc5ccc(C=CC(=O)c6ccc(OCCCCCCBr)cc6)cc5)CC[C@]4(C)C3CC[C@@]21C. The maximum Gasteiger partial charge on any atom is 0.185 e. The van der Waals surface area contributed by atoms with Gasteiger partial charge in [0.1, 0.15) is 17.6 Å². The Labute approximate surface area is 324 Å². The zero-order valence-corrected chi connectivity index (χ0v) is 34.6. The van der Waals surface area contributed by atoms with Crippen LogP contribution >= 0.6 is 15.9 Å². The topological polar surface area (TPSA) is 35.5 Å². The molecular weight excluding hydrogens is 704 g/mol. The van der Waals surface area contributed by atoms with Crippen LogP contribution < -0.4 is 9.47 Å². The van der Waals surface area contributed by atoms with Crippen molar-refractivity contribution in [1.82, 2.24) is 0 Å². The number of allylic oxidation sites excluding steroid dienone is 2. The van der Waals surface area contributed by atoms with Crippen LogP contribution in [0.2, 0.25) is 0 Å². The molecule has 0 amide bonds. The van der Waals surface area contributed by atoms with Crippen LogP contribution in [0.25, 0.3) is 6.08 Å². The number of carbonyl (C=O) groups excluding carboxylic acids is 1. The second-order valence-corrected chi connectivity index (χ2v) is 18.8. The van der Waals surface area contributed by atoms with E-state index in [4.69, 9.17) is 9.47 Å². The first-order valence-corrected chi connectivity index (χ1v) is 22.2. The number of carbonyl (C=O) groups is 1. The normalized spacial score (nSPS) is 30.4. The molecule has 3 fully saturated rings. The minimum atomic E-state index is -0.00287. The van der Waals surface area contributed by atoms with Gasteiger partial charge in [-0.1, -0.05) is 113 Å². The smallest absolute Gasteiger partial charge is 0.185 e. The van der Waals surface area contributed by atoms with Crippen LogP contribution in [0.5, 0.6) is 11.5 Å². The fourth-order valence-corrected chi connectivity index (χ4v) is 11.7. The van der Waals surface area contributed by atoms with Gasteiger partial charge >= 0.3 is 0 Å². The first-order valence-electron chi connectivity index (χ1n) is 21.1. The lowest BCUT2D eigenvalue weighted by Crippen LogP contribution is -2.51. The number of rotatable bonds is 17. The summed E-state index contributed by atoms with van der Waals surface area (Å²) in [5.74, 6) is 6.97. The molecule has 3 saturated carbocycles. The lowest BCUT2D eigenvalue weighted by atomic mass is 9.47. The Morgan fingerprint density at radius 1 is 0.846 bits per heavy atom. The molecule has 0 heterocycles.